The number of rotatable bonds is 5. The molecule has 0 saturated carbocycles. The summed E-state index contributed by atoms with van der Waals surface area (Å²) in [6.07, 6.45) is -1.10. The Balaban J connectivity index is 1.77. The molecule has 1 aliphatic rings. The number of piperazine rings is 1. The quantitative estimate of drug-likeness (QED) is 0.721. The molecule has 0 radical (unpaired) electrons. The number of sulfonamides is 1. The van der Waals surface area contributed by atoms with Crippen molar-refractivity contribution in [1.82, 2.24) is 9.80 Å². The molecule has 0 bridgehead atoms. The minimum atomic E-state index is -3.98. The first-order valence-electron chi connectivity index (χ1n) is 9.73. The number of aliphatic hydroxyl groups is 1. The molecule has 0 spiro atoms. The number of aryl methyl sites for hydroxylation is 1. The number of hydrogen-bond acceptors (Lipinski definition) is 5. The van der Waals surface area contributed by atoms with Crippen LogP contribution in [0.3, 0.4) is 0 Å². The Labute approximate surface area is 180 Å². The molecule has 0 aromatic heterocycles. The van der Waals surface area contributed by atoms with Gasteiger partial charge in [-0.05, 0) is 55.8 Å². The second-order valence-electron chi connectivity index (χ2n) is 7.38. The fourth-order valence-electron chi connectivity index (χ4n) is 3.30. The summed E-state index contributed by atoms with van der Waals surface area (Å²) in [4.78, 5) is 27.9. The average Bonchev–Trinajstić information content (AvgIpc) is 2.74. The molecule has 2 N–H and O–H groups in total. The van der Waals surface area contributed by atoms with Crippen LogP contribution < -0.4 is 4.72 Å². The summed E-state index contributed by atoms with van der Waals surface area (Å²) in [6, 6.07) is 9.17. The minimum Gasteiger partial charge on any atom is -0.384 e. The fourth-order valence-corrected chi connectivity index (χ4v) is 4.38. The van der Waals surface area contributed by atoms with Gasteiger partial charge in [0.15, 0.2) is 0 Å². The SMILES string of the molecule is Cc1ccc(S(=O)(=O)Nc2ccc(F)cc2)cc1C(=O)N1CCN(C(=O)C(C)O)CC1. The summed E-state index contributed by atoms with van der Waals surface area (Å²) in [7, 11) is -3.98. The largest absolute Gasteiger partial charge is 0.384 e. The molecule has 3 rings (SSSR count). The van der Waals surface area contributed by atoms with E-state index < -0.39 is 21.9 Å². The topological polar surface area (TPSA) is 107 Å². The number of nitrogens with zero attached hydrogens (tertiary/aromatic N) is 2. The molecule has 8 nitrogen and oxygen atoms in total. The van der Waals surface area contributed by atoms with Crippen LogP contribution in [-0.4, -0.2) is 67.4 Å². The number of aliphatic hydroxyl groups excluding tert-OH is 1. The maximum atomic E-state index is 13.1. The van der Waals surface area contributed by atoms with Gasteiger partial charge in [-0.25, -0.2) is 12.8 Å². The van der Waals surface area contributed by atoms with Crippen LogP contribution in [0.25, 0.3) is 0 Å². The first kappa shape index (κ1) is 22.7. The molecule has 31 heavy (non-hydrogen) atoms. The Morgan fingerprint density at radius 2 is 1.61 bits per heavy atom. The zero-order valence-corrected chi connectivity index (χ0v) is 18.0. The van der Waals surface area contributed by atoms with Gasteiger partial charge in [-0.2, -0.15) is 0 Å². The van der Waals surface area contributed by atoms with E-state index in [9.17, 15) is 27.5 Å². The van der Waals surface area contributed by atoms with Crippen LogP contribution in [0.5, 0.6) is 0 Å². The lowest BCUT2D eigenvalue weighted by molar-refractivity contribution is -0.140. The molecule has 1 unspecified atom stereocenters. The second-order valence-corrected chi connectivity index (χ2v) is 9.06. The van der Waals surface area contributed by atoms with Crippen molar-refractivity contribution in [2.75, 3.05) is 30.9 Å². The van der Waals surface area contributed by atoms with E-state index in [0.29, 0.717) is 18.7 Å². The molecule has 166 valence electrons. The molecular weight excluding hydrogens is 425 g/mol. The number of amides is 2. The molecule has 2 amide bonds. The third-order valence-corrected chi connectivity index (χ3v) is 6.46. The highest BCUT2D eigenvalue weighted by Gasteiger charge is 2.28. The van der Waals surface area contributed by atoms with Gasteiger partial charge in [-0.1, -0.05) is 6.07 Å². The van der Waals surface area contributed by atoms with E-state index in [0.717, 1.165) is 12.1 Å². The van der Waals surface area contributed by atoms with Crippen LogP contribution in [0.15, 0.2) is 47.4 Å². The van der Waals surface area contributed by atoms with Crippen molar-refractivity contribution in [2.24, 2.45) is 0 Å². The molecule has 1 saturated heterocycles. The first-order chi connectivity index (χ1) is 14.6. The van der Waals surface area contributed by atoms with Crippen LogP contribution in [0.2, 0.25) is 0 Å². The number of carbonyl (C=O) groups is 2. The Bertz CT molecular complexity index is 1080. The highest BCUT2D eigenvalue weighted by molar-refractivity contribution is 7.92. The third kappa shape index (κ3) is 5.20. The average molecular weight is 450 g/mol. The summed E-state index contributed by atoms with van der Waals surface area (Å²) in [5.41, 5.74) is 1.07. The lowest BCUT2D eigenvalue weighted by Gasteiger charge is -2.35. The van der Waals surface area contributed by atoms with E-state index in [2.05, 4.69) is 4.72 Å². The number of benzene rings is 2. The molecule has 10 heteroatoms. The lowest BCUT2D eigenvalue weighted by Crippen LogP contribution is -2.52. The van der Waals surface area contributed by atoms with Crippen molar-refractivity contribution in [3.8, 4) is 0 Å². The van der Waals surface area contributed by atoms with Gasteiger partial charge in [0.05, 0.1) is 4.90 Å². The molecule has 1 aliphatic heterocycles. The summed E-state index contributed by atoms with van der Waals surface area (Å²) in [6.45, 7) is 4.25. The van der Waals surface area contributed by atoms with Crippen molar-refractivity contribution in [1.29, 1.82) is 0 Å². The zero-order valence-electron chi connectivity index (χ0n) is 17.2. The zero-order chi connectivity index (χ0) is 22.8. The molecule has 2 aromatic rings. The smallest absolute Gasteiger partial charge is 0.261 e. The van der Waals surface area contributed by atoms with Crippen LogP contribution in [0.4, 0.5) is 10.1 Å². The van der Waals surface area contributed by atoms with Crippen molar-refractivity contribution in [2.45, 2.75) is 24.8 Å². The number of hydrogen-bond donors (Lipinski definition) is 2. The summed E-state index contributed by atoms with van der Waals surface area (Å²) < 4.78 is 40.9. The van der Waals surface area contributed by atoms with Gasteiger partial charge in [0.2, 0.25) is 0 Å². The Morgan fingerprint density at radius 1 is 1.03 bits per heavy atom. The lowest BCUT2D eigenvalue weighted by atomic mass is 10.1. The van der Waals surface area contributed by atoms with E-state index >= 15 is 0 Å². The van der Waals surface area contributed by atoms with Gasteiger partial charge in [0.25, 0.3) is 21.8 Å². The van der Waals surface area contributed by atoms with Crippen LogP contribution in [0.1, 0.15) is 22.8 Å². The fraction of sp³-hybridized carbons (Fsp3) is 0.333. The van der Waals surface area contributed by atoms with Gasteiger partial charge < -0.3 is 14.9 Å². The predicted molar refractivity (Wildman–Crippen MR) is 113 cm³/mol. The molecular formula is C21H24FN3O5S. The van der Waals surface area contributed by atoms with Crippen molar-refractivity contribution in [3.63, 3.8) is 0 Å². The van der Waals surface area contributed by atoms with E-state index in [4.69, 9.17) is 0 Å². The van der Waals surface area contributed by atoms with Gasteiger partial charge in [0.1, 0.15) is 11.9 Å². The predicted octanol–water partition coefficient (Wildman–Crippen LogP) is 1.60. The monoisotopic (exact) mass is 449 g/mol. The molecule has 2 aromatic carbocycles. The number of halogens is 1. The highest BCUT2D eigenvalue weighted by atomic mass is 32.2. The van der Waals surface area contributed by atoms with Crippen LogP contribution in [-0.2, 0) is 14.8 Å². The Hall–Kier alpha value is -2.98. The van der Waals surface area contributed by atoms with Crippen molar-refractivity contribution in [3.05, 3.63) is 59.4 Å². The Kier molecular flexibility index (Phi) is 6.61. The molecule has 1 atom stereocenters. The van der Waals surface area contributed by atoms with Crippen LogP contribution >= 0.6 is 0 Å². The normalized spacial score (nSPS) is 15.5. The third-order valence-electron chi connectivity index (χ3n) is 5.08. The summed E-state index contributed by atoms with van der Waals surface area (Å²) in [5, 5.41) is 9.44. The van der Waals surface area contributed by atoms with Crippen molar-refractivity contribution >= 4 is 27.5 Å². The summed E-state index contributed by atoms with van der Waals surface area (Å²) in [5.74, 6) is -1.20. The maximum absolute atomic E-state index is 13.1. The van der Waals surface area contributed by atoms with Crippen molar-refractivity contribution < 1.29 is 27.5 Å². The summed E-state index contributed by atoms with van der Waals surface area (Å²) >= 11 is 0. The van der Waals surface area contributed by atoms with E-state index in [-0.39, 0.29) is 41.1 Å². The van der Waals surface area contributed by atoms with Gasteiger partial charge in [-0.3, -0.25) is 14.3 Å². The van der Waals surface area contributed by atoms with Crippen LogP contribution in [0, 0.1) is 12.7 Å². The first-order valence-corrected chi connectivity index (χ1v) is 11.2. The van der Waals surface area contributed by atoms with E-state index in [1.165, 1.54) is 36.1 Å². The minimum absolute atomic E-state index is 0.0892. The molecule has 1 heterocycles. The number of nitrogens with one attached hydrogen (secondary N) is 1. The van der Waals surface area contributed by atoms with E-state index in [1.54, 1.807) is 17.9 Å². The maximum Gasteiger partial charge on any atom is 0.261 e. The Morgan fingerprint density at radius 3 is 2.19 bits per heavy atom. The van der Waals surface area contributed by atoms with Gasteiger partial charge in [0, 0.05) is 37.4 Å². The second kappa shape index (κ2) is 9.03. The molecule has 0 aliphatic carbocycles. The van der Waals surface area contributed by atoms with Gasteiger partial charge >= 0.3 is 0 Å². The number of carbonyl (C=O) groups excluding carboxylic acids is 2. The highest BCUT2D eigenvalue weighted by Crippen LogP contribution is 2.21. The van der Waals surface area contributed by atoms with E-state index in [1.807, 2.05) is 0 Å². The van der Waals surface area contributed by atoms with Gasteiger partial charge in [-0.15, -0.1) is 0 Å². The standard InChI is InChI=1S/C21H24FN3O5S/c1-14-3-8-18(31(29,30)23-17-6-4-16(22)5-7-17)13-19(14)21(28)25-11-9-24(10-12-25)20(27)15(2)26/h3-8,13,15,23,26H,9-12H2,1-2H3. The molecule has 1 fully saturated rings. The number of anilines is 1.